The lowest BCUT2D eigenvalue weighted by Crippen LogP contribution is -2.44. The Hall–Kier alpha value is -1.50. The van der Waals surface area contributed by atoms with Crippen LogP contribution in [0.1, 0.15) is 95.4 Å². The average molecular weight is 745 g/mol. The molecule has 0 saturated carbocycles. The molecular weight excluding hydrogens is 673 g/mol. The van der Waals surface area contributed by atoms with Crippen LogP contribution in [-0.2, 0) is 31.3 Å². The van der Waals surface area contributed by atoms with Gasteiger partial charge in [0.2, 0.25) is 0 Å². The lowest BCUT2D eigenvalue weighted by molar-refractivity contribution is -0.131. The number of carbonyl (C=O) groups is 1. The van der Waals surface area contributed by atoms with Gasteiger partial charge in [0.15, 0.2) is 33.3 Å². The van der Waals surface area contributed by atoms with Crippen molar-refractivity contribution >= 4 is 39.2 Å². The Morgan fingerprint density at radius 3 is 1.35 bits per heavy atom. The molecular formula is C40H72O5Si4. The highest BCUT2D eigenvalue weighted by Gasteiger charge is 2.34. The first-order chi connectivity index (χ1) is 22.7. The number of esters is 1. The van der Waals surface area contributed by atoms with Gasteiger partial charge in [-0.3, -0.25) is 4.79 Å². The van der Waals surface area contributed by atoms with E-state index >= 15 is 0 Å². The summed E-state index contributed by atoms with van der Waals surface area (Å²) >= 11 is 0. The molecule has 0 heterocycles. The minimum Gasteiger partial charge on any atom is -0.496 e. The predicted octanol–water partition coefficient (Wildman–Crippen LogP) is 12.3. The fourth-order valence-corrected chi connectivity index (χ4v) is 25.3. The zero-order valence-electron chi connectivity index (χ0n) is 34.0. The zero-order chi connectivity index (χ0) is 37.1. The lowest BCUT2D eigenvalue weighted by atomic mass is 9.76. The summed E-state index contributed by atoms with van der Waals surface area (Å²) in [5, 5.41) is 0. The lowest BCUT2D eigenvalue weighted by Gasteiger charge is -2.34. The smallest absolute Gasteiger partial charge is 0.308 e. The van der Waals surface area contributed by atoms with Gasteiger partial charge in [-0.2, -0.15) is 0 Å². The molecule has 0 aliphatic rings. The number of unbranched alkanes of at least 4 members (excludes halogenated alkanes) is 2. The number of carbonyl (C=O) groups excluding carboxylic acids is 1. The fourth-order valence-electron chi connectivity index (χ4n) is 7.26. The van der Waals surface area contributed by atoms with Crippen molar-refractivity contribution in [2.45, 2.75) is 168 Å². The minimum absolute atomic E-state index is 0.247. The number of ether oxygens (including phenoxy) is 2. The van der Waals surface area contributed by atoms with E-state index in [0.717, 1.165) is 49.1 Å². The van der Waals surface area contributed by atoms with Crippen LogP contribution in [0.25, 0.3) is 0 Å². The number of benzene rings is 2. The molecule has 0 radical (unpaired) electrons. The molecule has 278 valence electrons. The summed E-state index contributed by atoms with van der Waals surface area (Å²) in [5.41, 5.74) is 4.59. The largest absolute Gasteiger partial charge is 0.496 e. The van der Waals surface area contributed by atoms with Crippen LogP contribution in [0.4, 0.5) is 0 Å². The Labute approximate surface area is 305 Å². The first-order valence-electron chi connectivity index (χ1n) is 19.1. The first kappa shape index (κ1) is 43.7. The van der Waals surface area contributed by atoms with Crippen molar-refractivity contribution in [2.75, 3.05) is 7.11 Å². The van der Waals surface area contributed by atoms with Crippen molar-refractivity contribution < 1.29 is 22.5 Å². The van der Waals surface area contributed by atoms with E-state index in [9.17, 15) is 4.79 Å². The van der Waals surface area contributed by atoms with Gasteiger partial charge < -0.3 is 17.7 Å². The Balaban J connectivity index is 2.26. The van der Waals surface area contributed by atoms with Crippen LogP contribution in [0, 0.1) is 0 Å². The quantitative estimate of drug-likeness (QED) is 0.0682. The summed E-state index contributed by atoms with van der Waals surface area (Å²) in [4.78, 5) is 12.1. The van der Waals surface area contributed by atoms with E-state index in [-0.39, 0.29) is 11.4 Å². The molecule has 49 heavy (non-hydrogen) atoms. The van der Waals surface area contributed by atoms with Crippen molar-refractivity contribution in [3.05, 3.63) is 58.7 Å². The van der Waals surface area contributed by atoms with Crippen LogP contribution in [0.3, 0.4) is 0 Å². The van der Waals surface area contributed by atoms with Crippen LogP contribution in [-0.4, -0.2) is 46.3 Å². The van der Waals surface area contributed by atoms with Gasteiger partial charge in [-0.05, 0) is 137 Å². The molecule has 0 fully saturated rings. The van der Waals surface area contributed by atoms with E-state index < -0.39 is 33.3 Å². The summed E-state index contributed by atoms with van der Waals surface area (Å²) < 4.78 is 25.4. The maximum absolute atomic E-state index is 12.1. The Kier molecular flexibility index (Phi) is 16.8. The zero-order valence-corrected chi connectivity index (χ0v) is 38.0. The molecule has 0 saturated heterocycles. The number of methoxy groups -OCH3 is 1. The molecule has 0 aliphatic heterocycles. The predicted molar refractivity (Wildman–Crippen MR) is 221 cm³/mol. The number of aryl methyl sites for hydroxylation is 2. The van der Waals surface area contributed by atoms with E-state index in [0.29, 0.717) is 5.75 Å². The summed E-state index contributed by atoms with van der Waals surface area (Å²) in [5.74, 6) is 1.35. The highest BCUT2D eigenvalue weighted by atomic mass is 28.4. The summed E-state index contributed by atoms with van der Waals surface area (Å²) in [6, 6.07) is 17.8. The van der Waals surface area contributed by atoms with Gasteiger partial charge in [-0.25, -0.2) is 0 Å². The second-order valence-corrected chi connectivity index (χ2v) is 34.9. The maximum atomic E-state index is 12.1. The number of rotatable bonds is 22. The SMILES string of the molecule is CCCC[Si](C)(C)O[Si](C)(C)CCCc1cc(C(C)(C)c2ccc(OC(C)=O)c(CCC[Si](C)(C)O[Si](C)(C)CCCC)c2)ccc1OC. The van der Waals surface area contributed by atoms with E-state index in [4.69, 9.17) is 17.7 Å². The van der Waals surface area contributed by atoms with Crippen molar-refractivity contribution in [3.8, 4) is 11.5 Å². The molecule has 2 aromatic rings. The Morgan fingerprint density at radius 1 is 0.612 bits per heavy atom. The molecule has 2 rings (SSSR count). The Morgan fingerprint density at radius 2 is 0.980 bits per heavy atom. The molecule has 0 atom stereocenters. The fraction of sp³-hybridized carbons (Fsp3) is 0.675. The molecule has 2 aromatic carbocycles. The highest BCUT2D eigenvalue weighted by molar-refractivity contribution is 6.85. The first-order valence-corrected chi connectivity index (χ1v) is 31.5. The van der Waals surface area contributed by atoms with Crippen molar-refractivity contribution in [1.82, 2.24) is 0 Å². The second kappa shape index (κ2) is 18.8. The Bertz CT molecular complexity index is 1340. The molecule has 0 spiro atoms. The van der Waals surface area contributed by atoms with E-state index in [1.54, 1.807) is 7.11 Å². The highest BCUT2D eigenvalue weighted by Crippen LogP contribution is 2.38. The molecule has 0 unspecified atom stereocenters. The third-order valence-electron chi connectivity index (χ3n) is 9.86. The van der Waals surface area contributed by atoms with Crippen LogP contribution in [0.15, 0.2) is 36.4 Å². The van der Waals surface area contributed by atoms with Gasteiger partial charge in [-0.1, -0.05) is 77.6 Å². The van der Waals surface area contributed by atoms with Crippen LogP contribution >= 0.6 is 0 Å². The summed E-state index contributed by atoms with van der Waals surface area (Å²) in [6.07, 6.45) is 8.92. The van der Waals surface area contributed by atoms with E-state index in [1.807, 2.05) is 6.07 Å². The molecule has 0 aromatic heterocycles. The minimum atomic E-state index is -1.81. The van der Waals surface area contributed by atoms with Gasteiger partial charge in [-0.15, -0.1) is 0 Å². The van der Waals surface area contributed by atoms with Crippen molar-refractivity contribution in [1.29, 1.82) is 0 Å². The molecule has 9 heteroatoms. The van der Waals surface area contributed by atoms with E-state index in [2.05, 4.69) is 110 Å². The van der Waals surface area contributed by atoms with Crippen LogP contribution < -0.4 is 9.47 Å². The third kappa shape index (κ3) is 14.9. The monoisotopic (exact) mass is 744 g/mol. The van der Waals surface area contributed by atoms with E-state index in [1.165, 1.54) is 61.4 Å². The molecule has 5 nitrogen and oxygen atoms in total. The van der Waals surface area contributed by atoms with Crippen LogP contribution in [0.5, 0.6) is 11.5 Å². The summed E-state index contributed by atoms with van der Waals surface area (Å²) in [7, 11) is -5.07. The van der Waals surface area contributed by atoms with Gasteiger partial charge >= 0.3 is 5.97 Å². The van der Waals surface area contributed by atoms with Gasteiger partial charge in [0.05, 0.1) is 7.11 Å². The van der Waals surface area contributed by atoms with Gasteiger partial charge in [0.1, 0.15) is 11.5 Å². The second-order valence-electron chi connectivity index (χ2n) is 17.2. The van der Waals surface area contributed by atoms with Gasteiger partial charge in [0, 0.05) is 12.3 Å². The number of hydrogen-bond donors (Lipinski definition) is 0. The van der Waals surface area contributed by atoms with Crippen LogP contribution in [0.2, 0.25) is 76.6 Å². The molecule has 0 N–H and O–H groups in total. The molecule has 0 bridgehead atoms. The molecule has 0 amide bonds. The normalized spacial score (nSPS) is 13.1. The van der Waals surface area contributed by atoms with Crippen molar-refractivity contribution in [2.24, 2.45) is 0 Å². The van der Waals surface area contributed by atoms with Gasteiger partial charge in [0.25, 0.3) is 0 Å². The number of hydrogen-bond acceptors (Lipinski definition) is 5. The third-order valence-corrected chi connectivity index (χ3v) is 24.9. The molecule has 0 aliphatic carbocycles. The standard InChI is InChI=1S/C40H72O5Si4/c1-15-17-27-46(7,8)44-48(11,12)29-19-21-34-31-36(23-25-38(34)42-6)40(4,5)37-24-26-39(43-33(3)41)35(32-37)22-20-30-49(13,14)45-47(9,10)28-18-16-2/h23-26,31-32H,15-22,27-30H2,1-14H3. The summed E-state index contributed by atoms with van der Waals surface area (Å²) in [6.45, 7) is 29.7. The topological polar surface area (TPSA) is 54.0 Å². The maximum Gasteiger partial charge on any atom is 0.308 e. The average Bonchev–Trinajstić information content (AvgIpc) is 2.98. The van der Waals surface area contributed by atoms with Crippen molar-refractivity contribution in [3.63, 3.8) is 0 Å².